The molecule has 0 atom stereocenters. The monoisotopic (exact) mass is 305 g/mol. The van der Waals surface area contributed by atoms with Gasteiger partial charge in [-0.15, -0.1) is 0 Å². The minimum absolute atomic E-state index is 0.0150. The van der Waals surface area contributed by atoms with Crippen LogP contribution in [0.5, 0.6) is 5.88 Å². The highest BCUT2D eigenvalue weighted by atomic mass is 16.5. The van der Waals surface area contributed by atoms with E-state index in [1.165, 1.54) is 32.1 Å². The Labute approximate surface area is 135 Å². The normalized spacial score (nSPS) is 16.5. The Bertz CT molecular complexity index is 462. The molecule has 4 heteroatoms. The zero-order valence-corrected chi connectivity index (χ0v) is 14.6. The standard InChI is InChI=1S/C18H31N3O/c1-5-6-12-22-16-13-15(21-18(2,3)4)19-17(20-16)14-10-8-7-9-11-14/h13-14H,5-12H2,1-4H3,(H,19,20,21). The van der Waals surface area contributed by atoms with Crippen LogP contribution >= 0.6 is 0 Å². The first-order chi connectivity index (χ1) is 10.5. The summed E-state index contributed by atoms with van der Waals surface area (Å²) in [6, 6.07) is 1.94. The molecule has 0 radical (unpaired) electrons. The average molecular weight is 305 g/mol. The summed E-state index contributed by atoms with van der Waals surface area (Å²) in [5, 5.41) is 3.46. The molecule has 2 rings (SSSR count). The molecule has 124 valence electrons. The Morgan fingerprint density at radius 3 is 2.55 bits per heavy atom. The Balaban J connectivity index is 2.18. The fraction of sp³-hybridized carbons (Fsp3) is 0.778. The third-order valence-corrected chi connectivity index (χ3v) is 3.94. The first-order valence-corrected chi connectivity index (χ1v) is 8.78. The minimum atomic E-state index is -0.0150. The van der Waals surface area contributed by atoms with Crippen molar-refractivity contribution in [3.05, 3.63) is 11.9 Å². The summed E-state index contributed by atoms with van der Waals surface area (Å²) in [6.45, 7) is 9.34. The van der Waals surface area contributed by atoms with E-state index in [2.05, 4.69) is 38.0 Å². The minimum Gasteiger partial charge on any atom is -0.478 e. The summed E-state index contributed by atoms with van der Waals surface area (Å²) >= 11 is 0. The maximum atomic E-state index is 5.84. The maximum Gasteiger partial charge on any atom is 0.218 e. The molecule has 1 N–H and O–H groups in total. The van der Waals surface area contributed by atoms with Gasteiger partial charge in [-0.05, 0) is 40.0 Å². The quantitative estimate of drug-likeness (QED) is 0.758. The summed E-state index contributed by atoms with van der Waals surface area (Å²) in [4.78, 5) is 9.45. The number of hydrogen-bond donors (Lipinski definition) is 1. The van der Waals surface area contributed by atoms with E-state index < -0.39 is 0 Å². The number of ether oxygens (including phenoxy) is 1. The van der Waals surface area contributed by atoms with Crippen molar-refractivity contribution >= 4 is 5.82 Å². The van der Waals surface area contributed by atoms with Crippen LogP contribution in [-0.4, -0.2) is 22.1 Å². The number of aromatic nitrogens is 2. The molecule has 0 bridgehead atoms. The largest absolute Gasteiger partial charge is 0.478 e. The van der Waals surface area contributed by atoms with Crippen LogP contribution in [0, 0.1) is 0 Å². The van der Waals surface area contributed by atoms with Gasteiger partial charge in [0.15, 0.2) is 0 Å². The number of unbranched alkanes of at least 4 members (excludes halogenated alkanes) is 1. The van der Waals surface area contributed by atoms with Gasteiger partial charge in [0.1, 0.15) is 11.6 Å². The summed E-state index contributed by atoms with van der Waals surface area (Å²) in [6.07, 6.45) is 8.52. The van der Waals surface area contributed by atoms with Crippen LogP contribution in [0.15, 0.2) is 6.07 Å². The second kappa shape index (κ2) is 7.80. The van der Waals surface area contributed by atoms with E-state index in [4.69, 9.17) is 9.72 Å². The van der Waals surface area contributed by atoms with Crippen molar-refractivity contribution in [1.82, 2.24) is 9.97 Å². The molecule has 22 heavy (non-hydrogen) atoms. The van der Waals surface area contributed by atoms with Crippen LogP contribution in [0.4, 0.5) is 5.82 Å². The number of anilines is 1. The molecule has 1 aromatic heterocycles. The molecule has 1 heterocycles. The van der Waals surface area contributed by atoms with Gasteiger partial charge >= 0.3 is 0 Å². The molecular formula is C18H31N3O. The molecule has 1 aliphatic carbocycles. The summed E-state index contributed by atoms with van der Waals surface area (Å²) in [7, 11) is 0. The predicted octanol–water partition coefficient (Wildman–Crippen LogP) is 4.91. The molecule has 1 aliphatic rings. The third kappa shape index (κ3) is 5.47. The van der Waals surface area contributed by atoms with Crippen molar-refractivity contribution < 1.29 is 4.74 Å². The smallest absolute Gasteiger partial charge is 0.218 e. The van der Waals surface area contributed by atoms with Gasteiger partial charge in [-0.25, -0.2) is 4.98 Å². The summed E-state index contributed by atoms with van der Waals surface area (Å²) in [5.74, 6) is 3.05. The first-order valence-electron chi connectivity index (χ1n) is 8.78. The van der Waals surface area contributed by atoms with Crippen molar-refractivity contribution in [2.45, 2.75) is 84.1 Å². The van der Waals surface area contributed by atoms with Gasteiger partial charge in [-0.2, -0.15) is 4.98 Å². The Morgan fingerprint density at radius 1 is 1.18 bits per heavy atom. The van der Waals surface area contributed by atoms with Crippen molar-refractivity contribution in [3.8, 4) is 5.88 Å². The second-order valence-corrected chi connectivity index (χ2v) is 7.36. The number of nitrogens with zero attached hydrogens (tertiary/aromatic N) is 2. The molecule has 1 aromatic rings. The molecular weight excluding hydrogens is 274 g/mol. The lowest BCUT2D eigenvalue weighted by atomic mass is 9.89. The predicted molar refractivity (Wildman–Crippen MR) is 91.6 cm³/mol. The Kier molecular flexibility index (Phi) is 6.04. The van der Waals surface area contributed by atoms with Crippen LogP contribution in [-0.2, 0) is 0 Å². The van der Waals surface area contributed by atoms with Crippen LogP contribution < -0.4 is 10.1 Å². The van der Waals surface area contributed by atoms with Gasteiger partial charge < -0.3 is 10.1 Å². The van der Waals surface area contributed by atoms with E-state index in [-0.39, 0.29) is 5.54 Å². The van der Waals surface area contributed by atoms with Crippen molar-refractivity contribution in [2.24, 2.45) is 0 Å². The second-order valence-electron chi connectivity index (χ2n) is 7.36. The highest BCUT2D eigenvalue weighted by Gasteiger charge is 2.21. The van der Waals surface area contributed by atoms with E-state index >= 15 is 0 Å². The van der Waals surface area contributed by atoms with Gasteiger partial charge in [-0.3, -0.25) is 0 Å². The van der Waals surface area contributed by atoms with Gasteiger partial charge in [0.05, 0.1) is 6.61 Å². The van der Waals surface area contributed by atoms with Crippen molar-refractivity contribution in [3.63, 3.8) is 0 Å². The Morgan fingerprint density at radius 2 is 1.91 bits per heavy atom. The zero-order chi connectivity index (χ0) is 16.0. The molecule has 0 spiro atoms. The van der Waals surface area contributed by atoms with Gasteiger partial charge in [0.2, 0.25) is 5.88 Å². The van der Waals surface area contributed by atoms with Crippen molar-refractivity contribution in [1.29, 1.82) is 0 Å². The highest BCUT2D eigenvalue weighted by molar-refractivity contribution is 5.41. The molecule has 4 nitrogen and oxygen atoms in total. The SMILES string of the molecule is CCCCOc1cc(NC(C)(C)C)nc(C2CCCCC2)n1. The molecule has 0 aromatic carbocycles. The number of nitrogens with one attached hydrogen (secondary N) is 1. The number of hydrogen-bond acceptors (Lipinski definition) is 4. The average Bonchev–Trinajstić information content (AvgIpc) is 2.46. The zero-order valence-electron chi connectivity index (χ0n) is 14.6. The molecule has 0 aliphatic heterocycles. The summed E-state index contributed by atoms with van der Waals surface area (Å²) < 4.78 is 5.84. The fourth-order valence-electron chi connectivity index (χ4n) is 2.83. The van der Waals surface area contributed by atoms with Crippen molar-refractivity contribution in [2.75, 3.05) is 11.9 Å². The Hall–Kier alpha value is -1.32. The lowest BCUT2D eigenvalue weighted by Gasteiger charge is -2.24. The fourth-order valence-corrected chi connectivity index (χ4v) is 2.83. The van der Waals surface area contributed by atoms with E-state index in [9.17, 15) is 0 Å². The van der Waals surface area contributed by atoms with Gasteiger partial charge in [0, 0.05) is 17.5 Å². The third-order valence-electron chi connectivity index (χ3n) is 3.94. The molecule has 0 unspecified atom stereocenters. The van der Waals surface area contributed by atoms with Gasteiger partial charge in [-0.1, -0.05) is 32.6 Å². The molecule has 1 saturated carbocycles. The van der Waals surface area contributed by atoms with E-state index in [1.54, 1.807) is 0 Å². The lowest BCUT2D eigenvalue weighted by molar-refractivity contribution is 0.294. The molecule has 0 amide bonds. The van der Waals surface area contributed by atoms with Crippen LogP contribution in [0.1, 0.15) is 84.4 Å². The van der Waals surface area contributed by atoms with E-state index in [0.717, 1.165) is 37.0 Å². The highest BCUT2D eigenvalue weighted by Crippen LogP contribution is 2.32. The van der Waals surface area contributed by atoms with Gasteiger partial charge in [0.25, 0.3) is 0 Å². The van der Waals surface area contributed by atoms with E-state index in [1.807, 2.05) is 6.07 Å². The first kappa shape index (κ1) is 17.0. The lowest BCUT2D eigenvalue weighted by Crippen LogP contribution is -2.27. The van der Waals surface area contributed by atoms with Crippen LogP contribution in [0.25, 0.3) is 0 Å². The number of rotatable bonds is 6. The molecule has 0 saturated heterocycles. The molecule has 1 fully saturated rings. The summed E-state index contributed by atoms with van der Waals surface area (Å²) in [5.41, 5.74) is -0.0150. The maximum absolute atomic E-state index is 5.84. The van der Waals surface area contributed by atoms with Crippen LogP contribution in [0.3, 0.4) is 0 Å². The van der Waals surface area contributed by atoms with E-state index in [0.29, 0.717) is 5.92 Å². The topological polar surface area (TPSA) is 47.0 Å². The van der Waals surface area contributed by atoms with Crippen LogP contribution in [0.2, 0.25) is 0 Å².